The maximum absolute atomic E-state index is 11.6. The zero-order valence-corrected chi connectivity index (χ0v) is 10.5. The molecule has 18 heavy (non-hydrogen) atoms. The molecule has 2 rings (SSSR count). The smallest absolute Gasteiger partial charge is 0.234 e. The maximum atomic E-state index is 11.6. The van der Waals surface area contributed by atoms with Crippen LogP contribution in [0, 0.1) is 0 Å². The van der Waals surface area contributed by atoms with Crippen LogP contribution in [0.2, 0.25) is 0 Å². The second-order valence-corrected chi connectivity index (χ2v) is 4.82. The Balaban J connectivity index is 1.65. The van der Waals surface area contributed by atoms with Crippen molar-refractivity contribution < 1.29 is 9.90 Å². The molecule has 0 atom stereocenters. The Morgan fingerprint density at radius 1 is 1.22 bits per heavy atom. The Hall–Kier alpha value is -1.55. The molecule has 1 fully saturated rings. The van der Waals surface area contributed by atoms with Crippen molar-refractivity contribution in [2.75, 3.05) is 6.54 Å². The van der Waals surface area contributed by atoms with Gasteiger partial charge in [0.1, 0.15) is 5.75 Å². The van der Waals surface area contributed by atoms with E-state index in [0.29, 0.717) is 19.1 Å². The fourth-order valence-electron chi connectivity index (χ4n) is 2.28. The topological polar surface area (TPSA) is 61.4 Å². The van der Waals surface area contributed by atoms with Gasteiger partial charge in [0.2, 0.25) is 5.91 Å². The predicted octanol–water partition coefficient (Wildman–Crippen LogP) is 1.54. The first kappa shape index (κ1) is 12.9. The predicted molar refractivity (Wildman–Crippen MR) is 70.2 cm³/mol. The Bertz CT molecular complexity index is 383. The van der Waals surface area contributed by atoms with Crippen LogP contribution in [0.3, 0.4) is 0 Å². The molecule has 1 aromatic rings. The molecule has 3 N–H and O–H groups in total. The molecule has 1 aromatic carbocycles. The van der Waals surface area contributed by atoms with Crippen LogP contribution < -0.4 is 10.6 Å². The van der Waals surface area contributed by atoms with Gasteiger partial charge in [-0.15, -0.1) is 0 Å². The van der Waals surface area contributed by atoms with Gasteiger partial charge in [0.05, 0.1) is 6.54 Å². The third-order valence-corrected chi connectivity index (χ3v) is 3.27. The van der Waals surface area contributed by atoms with Gasteiger partial charge in [-0.2, -0.15) is 0 Å². The highest BCUT2D eigenvalue weighted by Gasteiger charge is 2.16. The number of phenolic OH excluding ortho intramolecular Hbond substituents is 1. The van der Waals surface area contributed by atoms with Crippen molar-refractivity contribution in [1.29, 1.82) is 0 Å². The van der Waals surface area contributed by atoms with Crippen LogP contribution in [-0.2, 0) is 11.3 Å². The average molecular weight is 248 g/mol. The van der Waals surface area contributed by atoms with E-state index in [1.807, 2.05) is 12.1 Å². The third-order valence-electron chi connectivity index (χ3n) is 3.27. The van der Waals surface area contributed by atoms with Crippen molar-refractivity contribution in [2.24, 2.45) is 0 Å². The quantitative estimate of drug-likeness (QED) is 0.740. The molecular formula is C14H20N2O2. The Morgan fingerprint density at radius 2 is 1.89 bits per heavy atom. The van der Waals surface area contributed by atoms with E-state index in [1.165, 1.54) is 12.8 Å². The summed E-state index contributed by atoms with van der Waals surface area (Å²) < 4.78 is 0. The molecular weight excluding hydrogens is 228 g/mol. The van der Waals surface area contributed by atoms with Gasteiger partial charge < -0.3 is 15.7 Å². The first-order valence-corrected chi connectivity index (χ1v) is 6.52. The molecule has 98 valence electrons. The largest absolute Gasteiger partial charge is 0.508 e. The third kappa shape index (κ3) is 4.04. The van der Waals surface area contributed by atoms with Crippen LogP contribution in [0.4, 0.5) is 0 Å². The minimum atomic E-state index is 0.0701. The highest BCUT2D eigenvalue weighted by Crippen LogP contribution is 2.17. The molecule has 1 saturated carbocycles. The first-order valence-electron chi connectivity index (χ1n) is 6.52. The number of aromatic hydroxyl groups is 1. The fraction of sp³-hybridized carbons (Fsp3) is 0.500. The number of hydrogen-bond donors (Lipinski definition) is 3. The molecule has 4 nitrogen and oxygen atoms in total. The normalized spacial score (nSPS) is 15.8. The van der Waals surface area contributed by atoms with E-state index in [0.717, 1.165) is 18.4 Å². The lowest BCUT2D eigenvalue weighted by molar-refractivity contribution is -0.120. The SMILES string of the molecule is O=C(CNCc1ccc(O)cc1)NC1CCCC1. The number of hydrogen-bond acceptors (Lipinski definition) is 3. The molecule has 1 amide bonds. The van der Waals surface area contributed by atoms with Gasteiger partial charge in [-0.05, 0) is 30.5 Å². The summed E-state index contributed by atoms with van der Waals surface area (Å²) in [7, 11) is 0. The summed E-state index contributed by atoms with van der Waals surface area (Å²) in [6.45, 7) is 0.982. The van der Waals surface area contributed by atoms with Gasteiger partial charge in [0.15, 0.2) is 0 Å². The summed E-state index contributed by atoms with van der Waals surface area (Å²) in [5.41, 5.74) is 1.06. The van der Waals surface area contributed by atoms with Crippen molar-refractivity contribution >= 4 is 5.91 Å². The summed E-state index contributed by atoms with van der Waals surface area (Å²) in [6.07, 6.45) is 4.69. The standard InChI is InChI=1S/C14H20N2O2/c17-13-7-5-11(6-8-13)9-15-10-14(18)16-12-3-1-2-4-12/h5-8,12,15,17H,1-4,9-10H2,(H,16,18). The second kappa shape index (κ2) is 6.40. The molecule has 0 heterocycles. The van der Waals surface area contributed by atoms with Crippen molar-refractivity contribution in [2.45, 2.75) is 38.3 Å². The molecule has 0 aromatic heterocycles. The van der Waals surface area contributed by atoms with E-state index in [4.69, 9.17) is 5.11 Å². The van der Waals surface area contributed by atoms with Crippen LogP contribution in [0.25, 0.3) is 0 Å². The van der Waals surface area contributed by atoms with E-state index in [2.05, 4.69) is 10.6 Å². The van der Waals surface area contributed by atoms with Crippen LogP contribution in [0.15, 0.2) is 24.3 Å². The van der Waals surface area contributed by atoms with Crippen LogP contribution in [-0.4, -0.2) is 23.6 Å². The maximum Gasteiger partial charge on any atom is 0.234 e. The van der Waals surface area contributed by atoms with Gasteiger partial charge >= 0.3 is 0 Å². The van der Waals surface area contributed by atoms with Crippen LogP contribution >= 0.6 is 0 Å². The van der Waals surface area contributed by atoms with E-state index in [1.54, 1.807) is 12.1 Å². The van der Waals surface area contributed by atoms with Gasteiger partial charge in [-0.3, -0.25) is 4.79 Å². The lowest BCUT2D eigenvalue weighted by Gasteiger charge is -2.12. The molecule has 4 heteroatoms. The Labute approximate surface area is 107 Å². The molecule has 1 aliphatic rings. The van der Waals surface area contributed by atoms with Gasteiger partial charge in [0, 0.05) is 12.6 Å². The molecule has 0 radical (unpaired) electrons. The summed E-state index contributed by atoms with van der Waals surface area (Å²) in [5, 5.41) is 15.3. The van der Waals surface area contributed by atoms with E-state index >= 15 is 0 Å². The number of phenols is 1. The molecule has 0 aliphatic heterocycles. The lowest BCUT2D eigenvalue weighted by Crippen LogP contribution is -2.38. The number of amides is 1. The minimum absolute atomic E-state index is 0.0701. The fourth-order valence-corrected chi connectivity index (χ4v) is 2.28. The van der Waals surface area contributed by atoms with E-state index in [9.17, 15) is 4.79 Å². The molecule has 0 spiro atoms. The Morgan fingerprint density at radius 3 is 2.56 bits per heavy atom. The number of nitrogens with one attached hydrogen (secondary N) is 2. The van der Waals surface area contributed by atoms with Crippen LogP contribution in [0.5, 0.6) is 5.75 Å². The summed E-state index contributed by atoms with van der Waals surface area (Å²) in [4.78, 5) is 11.6. The minimum Gasteiger partial charge on any atom is -0.508 e. The van der Waals surface area contributed by atoms with Crippen LogP contribution in [0.1, 0.15) is 31.2 Å². The van der Waals surface area contributed by atoms with E-state index < -0.39 is 0 Å². The highest BCUT2D eigenvalue weighted by molar-refractivity contribution is 5.78. The number of rotatable bonds is 5. The lowest BCUT2D eigenvalue weighted by atomic mass is 10.2. The highest BCUT2D eigenvalue weighted by atomic mass is 16.3. The summed E-state index contributed by atoms with van der Waals surface area (Å²) in [5.74, 6) is 0.332. The van der Waals surface area contributed by atoms with Crippen molar-refractivity contribution in [3.05, 3.63) is 29.8 Å². The number of carbonyl (C=O) groups is 1. The summed E-state index contributed by atoms with van der Waals surface area (Å²) >= 11 is 0. The second-order valence-electron chi connectivity index (χ2n) is 4.82. The van der Waals surface area contributed by atoms with E-state index in [-0.39, 0.29) is 11.7 Å². The molecule has 0 unspecified atom stereocenters. The van der Waals surface area contributed by atoms with Crippen molar-refractivity contribution in [3.63, 3.8) is 0 Å². The van der Waals surface area contributed by atoms with Crippen molar-refractivity contribution in [3.8, 4) is 5.75 Å². The summed E-state index contributed by atoms with van der Waals surface area (Å²) in [6, 6.07) is 7.37. The molecule has 1 aliphatic carbocycles. The van der Waals surface area contributed by atoms with Crippen molar-refractivity contribution in [1.82, 2.24) is 10.6 Å². The van der Waals surface area contributed by atoms with Gasteiger partial charge in [-0.1, -0.05) is 25.0 Å². The molecule has 0 saturated heterocycles. The number of carbonyl (C=O) groups excluding carboxylic acids is 1. The first-order chi connectivity index (χ1) is 8.74. The number of benzene rings is 1. The average Bonchev–Trinajstić information content (AvgIpc) is 2.84. The molecule has 0 bridgehead atoms. The van der Waals surface area contributed by atoms with Gasteiger partial charge in [-0.25, -0.2) is 0 Å². The monoisotopic (exact) mass is 248 g/mol. The zero-order valence-electron chi connectivity index (χ0n) is 10.5. The van der Waals surface area contributed by atoms with Gasteiger partial charge in [0.25, 0.3) is 0 Å². The zero-order chi connectivity index (χ0) is 12.8. The Kier molecular flexibility index (Phi) is 4.59.